The number of carbonyl (C=O) groups excluding carboxylic acids is 2. The van der Waals surface area contributed by atoms with Crippen molar-refractivity contribution in [1.29, 1.82) is 0 Å². The van der Waals surface area contributed by atoms with E-state index in [1.54, 1.807) is 73.7 Å². The standard InChI is InChI=1S/C32H29FN2O5/c1-38-23-14-10-21(11-15-23)30-29(31(36)34-27-18-24(39-2)16-17-28(27)40-3)25-6-4-5-7-26(25)32(37)35(30)19-20-8-12-22(33)13-9-20/h4-18,29-30H,19H2,1-3H3,(H,34,36)/t29-,30-/m0/s1. The van der Waals surface area contributed by atoms with E-state index in [2.05, 4.69) is 5.32 Å². The minimum Gasteiger partial charge on any atom is -0.497 e. The van der Waals surface area contributed by atoms with Gasteiger partial charge in [-0.2, -0.15) is 0 Å². The third-order valence-electron chi connectivity index (χ3n) is 7.11. The van der Waals surface area contributed by atoms with Gasteiger partial charge in [-0.15, -0.1) is 0 Å². The van der Waals surface area contributed by atoms with E-state index in [1.807, 2.05) is 24.3 Å². The second-order valence-electron chi connectivity index (χ2n) is 9.40. The fourth-order valence-corrected chi connectivity index (χ4v) is 5.13. The Labute approximate surface area is 232 Å². The molecule has 2 amide bonds. The van der Waals surface area contributed by atoms with Gasteiger partial charge in [0.2, 0.25) is 5.91 Å². The first kappa shape index (κ1) is 26.7. The second kappa shape index (κ2) is 11.5. The van der Waals surface area contributed by atoms with Crippen LogP contribution in [0.3, 0.4) is 0 Å². The fourth-order valence-electron chi connectivity index (χ4n) is 5.13. The summed E-state index contributed by atoms with van der Waals surface area (Å²) in [6.45, 7) is 0.177. The summed E-state index contributed by atoms with van der Waals surface area (Å²) in [5.74, 6) is -0.00830. The molecule has 0 radical (unpaired) electrons. The number of anilines is 1. The number of fused-ring (bicyclic) bond motifs is 1. The van der Waals surface area contributed by atoms with Crippen LogP contribution in [0.4, 0.5) is 10.1 Å². The Morgan fingerprint density at radius 2 is 1.52 bits per heavy atom. The van der Waals surface area contributed by atoms with Crippen molar-refractivity contribution < 1.29 is 28.2 Å². The number of hydrogen-bond donors (Lipinski definition) is 1. The number of rotatable bonds is 8. The van der Waals surface area contributed by atoms with Crippen molar-refractivity contribution in [3.63, 3.8) is 0 Å². The third-order valence-corrected chi connectivity index (χ3v) is 7.11. The second-order valence-corrected chi connectivity index (χ2v) is 9.40. The molecule has 4 aromatic carbocycles. The van der Waals surface area contributed by atoms with E-state index in [1.165, 1.54) is 19.2 Å². The van der Waals surface area contributed by atoms with Crippen LogP contribution in [-0.4, -0.2) is 38.0 Å². The van der Waals surface area contributed by atoms with Crippen LogP contribution in [0.5, 0.6) is 17.2 Å². The van der Waals surface area contributed by atoms with Gasteiger partial charge in [-0.1, -0.05) is 42.5 Å². The molecule has 1 N–H and O–H groups in total. The highest BCUT2D eigenvalue weighted by Crippen LogP contribution is 2.45. The highest BCUT2D eigenvalue weighted by Gasteiger charge is 2.44. The largest absolute Gasteiger partial charge is 0.497 e. The van der Waals surface area contributed by atoms with Crippen LogP contribution in [-0.2, 0) is 11.3 Å². The molecule has 0 unspecified atom stereocenters. The Bertz CT molecular complexity index is 1520. The Morgan fingerprint density at radius 3 is 2.20 bits per heavy atom. The average molecular weight is 541 g/mol. The molecule has 204 valence electrons. The monoisotopic (exact) mass is 540 g/mol. The van der Waals surface area contributed by atoms with Gasteiger partial charge in [0, 0.05) is 18.2 Å². The van der Waals surface area contributed by atoms with E-state index in [-0.39, 0.29) is 24.2 Å². The first-order valence-electron chi connectivity index (χ1n) is 12.7. The normalized spacial score (nSPS) is 16.2. The number of hydrogen-bond acceptors (Lipinski definition) is 5. The minimum atomic E-state index is -0.779. The van der Waals surface area contributed by atoms with Crippen molar-refractivity contribution in [1.82, 2.24) is 4.90 Å². The summed E-state index contributed by atoms with van der Waals surface area (Å²) in [6.07, 6.45) is 0. The Kier molecular flexibility index (Phi) is 7.68. The first-order valence-corrected chi connectivity index (χ1v) is 12.7. The Balaban J connectivity index is 1.64. The number of methoxy groups -OCH3 is 3. The highest BCUT2D eigenvalue weighted by atomic mass is 19.1. The smallest absolute Gasteiger partial charge is 0.255 e. The molecule has 2 atom stereocenters. The van der Waals surface area contributed by atoms with Gasteiger partial charge < -0.3 is 24.4 Å². The molecule has 5 rings (SSSR count). The number of carbonyl (C=O) groups is 2. The van der Waals surface area contributed by atoms with Crippen LogP contribution in [0.2, 0.25) is 0 Å². The van der Waals surface area contributed by atoms with E-state index in [0.717, 1.165) is 11.1 Å². The Morgan fingerprint density at radius 1 is 0.850 bits per heavy atom. The zero-order valence-electron chi connectivity index (χ0n) is 22.4. The topological polar surface area (TPSA) is 77.1 Å². The fraction of sp³-hybridized carbons (Fsp3) is 0.188. The summed E-state index contributed by atoms with van der Waals surface area (Å²) >= 11 is 0. The highest BCUT2D eigenvalue weighted by molar-refractivity contribution is 6.05. The Hall–Kier alpha value is -4.85. The quantitative estimate of drug-likeness (QED) is 0.298. The number of nitrogens with one attached hydrogen (secondary N) is 1. The van der Waals surface area contributed by atoms with Crippen LogP contribution in [0, 0.1) is 5.82 Å². The minimum absolute atomic E-state index is 0.177. The van der Waals surface area contributed by atoms with Gasteiger partial charge in [-0.3, -0.25) is 9.59 Å². The zero-order chi connectivity index (χ0) is 28.2. The van der Waals surface area contributed by atoms with Gasteiger partial charge in [0.25, 0.3) is 5.91 Å². The molecule has 8 heteroatoms. The van der Waals surface area contributed by atoms with Gasteiger partial charge in [0.1, 0.15) is 23.1 Å². The van der Waals surface area contributed by atoms with E-state index in [0.29, 0.717) is 34.1 Å². The first-order chi connectivity index (χ1) is 19.4. The van der Waals surface area contributed by atoms with Crippen LogP contribution in [0.25, 0.3) is 0 Å². The van der Waals surface area contributed by atoms with Crippen molar-refractivity contribution in [3.05, 3.63) is 119 Å². The molecule has 0 aliphatic carbocycles. The molecule has 0 spiro atoms. The van der Waals surface area contributed by atoms with Gasteiger partial charge in [0.05, 0.1) is 39.0 Å². The van der Waals surface area contributed by atoms with Crippen molar-refractivity contribution in [2.24, 2.45) is 0 Å². The van der Waals surface area contributed by atoms with Gasteiger partial charge in [0.15, 0.2) is 0 Å². The van der Waals surface area contributed by atoms with E-state index < -0.39 is 12.0 Å². The lowest BCUT2D eigenvalue weighted by Crippen LogP contribution is -2.45. The summed E-state index contributed by atoms with van der Waals surface area (Å²) in [5, 5.41) is 3.02. The van der Waals surface area contributed by atoms with Crippen molar-refractivity contribution in [2.45, 2.75) is 18.5 Å². The summed E-state index contributed by atoms with van der Waals surface area (Å²) in [5.41, 5.74) is 2.99. The van der Waals surface area contributed by atoms with Crippen LogP contribution >= 0.6 is 0 Å². The van der Waals surface area contributed by atoms with E-state index >= 15 is 0 Å². The molecule has 7 nitrogen and oxygen atoms in total. The molecular weight excluding hydrogens is 511 g/mol. The number of halogens is 1. The predicted molar refractivity (Wildman–Crippen MR) is 149 cm³/mol. The summed E-state index contributed by atoms with van der Waals surface area (Å²) < 4.78 is 29.9. The van der Waals surface area contributed by atoms with Gasteiger partial charge in [-0.25, -0.2) is 4.39 Å². The lowest BCUT2D eigenvalue weighted by Gasteiger charge is -2.42. The van der Waals surface area contributed by atoms with Crippen LogP contribution in [0.1, 0.15) is 39.0 Å². The summed E-state index contributed by atoms with van der Waals surface area (Å²) in [7, 11) is 4.65. The third kappa shape index (κ3) is 5.20. The van der Waals surface area contributed by atoms with Crippen LogP contribution < -0.4 is 19.5 Å². The molecular formula is C32H29FN2O5. The molecule has 4 aromatic rings. The van der Waals surface area contributed by atoms with E-state index in [4.69, 9.17) is 14.2 Å². The zero-order valence-corrected chi connectivity index (χ0v) is 22.4. The number of amides is 2. The van der Waals surface area contributed by atoms with Gasteiger partial charge in [-0.05, 0) is 59.2 Å². The molecule has 1 aliphatic rings. The predicted octanol–water partition coefficient (Wildman–Crippen LogP) is 5.97. The lowest BCUT2D eigenvalue weighted by molar-refractivity contribution is -0.119. The lowest BCUT2D eigenvalue weighted by atomic mass is 9.79. The molecule has 0 saturated heterocycles. The number of nitrogens with zero attached hydrogens (tertiary/aromatic N) is 1. The summed E-state index contributed by atoms with van der Waals surface area (Å²) in [6, 6.07) is 24.9. The molecule has 40 heavy (non-hydrogen) atoms. The van der Waals surface area contributed by atoms with Crippen LogP contribution in [0.15, 0.2) is 91.0 Å². The average Bonchev–Trinajstić information content (AvgIpc) is 2.99. The maximum absolute atomic E-state index is 14.2. The van der Waals surface area contributed by atoms with E-state index in [9.17, 15) is 14.0 Å². The van der Waals surface area contributed by atoms with Crippen molar-refractivity contribution >= 4 is 17.5 Å². The molecule has 1 aliphatic heterocycles. The molecule has 0 fully saturated rings. The maximum atomic E-state index is 14.2. The molecule has 0 bridgehead atoms. The molecule has 0 aromatic heterocycles. The summed E-state index contributed by atoms with van der Waals surface area (Å²) in [4.78, 5) is 29.9. The SMILES string of the molecule is COc1ccc([C@H]2[C@@H](C(=O)Nc3cc(OC)ccc3OC)c3ccccc3C(=O)N2Cc2ccc(F)cc2)cc1. The van der Waals surface area contributed by atoms with Crippen molar-refractivity contribution in [3.8, 4) is 17.2 Å². The number of ether oxygens (including phenoxy) is 3. The van der Waals surface area contributed by atoms with Gasteiger partial charge >= 0.3 is 0 Å². The number of benzene rings is 4. The molecule has 0 saturated carbocycles. The molecule has 1 heterocycles. The maximum Gasteiger partial charge on any atom is 0.255 e. The van der Waals surface area contributed by atoms with Crippen molar-refractivity contribution in [2.75, 3.05) is 26.6 Å².